The molecule has 0 aliphatic carbocycles. The fourth-order valence-corrected chi connectivity index (χ4v) is 2.29. The van der Waals surface area contributed by atoms with Gasteiger partial charge in [0.15, 0.2) is 0 Å². The summed E-state index contributed by atoms with van der Waals surface area (Å²) in [5, 5.41) is 8.20. The van der Waals surface area contributed by atoms with Crippen LogP contribution in [0.2, 0.25) is 0 Å². The van der Waals surface area contributed by atoms with Crippen LogP contribution in [0.1, 0.15) is 26.2 Å². The van der Waals surface area contributed by atoms with Crippen molar-refractivity contribution in [2.75, 3.05) is 29.9 Å². The Balaban J connectivity index is 1.84. The first-order valence-corrected chi connectivity index (χ1v) is 7.82. The lowest BCUT2D eigenvalue weighted by Gasteiger charge is -2.29. The minimum Gasteiger partial charge on any atom is -0.356 e. The number of benzene rings is 1. The van der Waals surface area contributed by atoms with Gasteiger partial charge in [-0.25, -0.2) is 4.79 Å². The molecule has 1 aliphatic heterocycles. The number of amides is 4. The maximum atomic E-state index is 12.3. The lowest BCUT2D eigenvalue weighted by Crippen LogP contribution is -2.47. The van der Waals surface area contributed by atoms with Crippen molar-refractivity contribution in [1.82, 2.24) is 10.6 Å². The third-order valence-electron chi connectivity index (χ3n) is 3.50. The molecule has 4 amide bonds. The van der Waals surface area contributed by atoms with Gasteiger partial charge in [-0.2, -0.15) is 0 Å². The van der Waals surface area contributed by atoms with Crippen LogP contribution in [-0.4, -0.2) is 37.5 Å². The normalized spacial score (nSPS) is 13.1. The molecule has 1 aliphatic rings. The van der Waals surface area contributed by atoms with E-state index in [0.717, 1.165) is 12.8 Å². The van der Waals surface area contributed by atoms with Crippen LogP contribution in [0, 0.1) is 0 Å². The molecule has 7 heteroatoms. The molecule has 0 bridgehead atoms. The fourth-order valence-electron chi connectivity index (χ4n) is 2.29. The van der Waals surface area contributed by atoms with Gasteiger partial charge in [0.2, 0.25) is 11.8 Å². The zero-order valence-electron chi connectivity index (χ0n) is 13.2. The second kappa shape index (κ2) is 8.17. The molecule has 7 nitrogen and oxygen atoms in total. The van der Waals surface area contributed by atoms with Gasteiger partial charge in [-0.3, -0.25) is 14.5 Å². The summed E-state index contributed by atoms with van der Waals surface area (Å²) < 4.78 is 0. The molecule has 23 heavy (non-hydrogen) atoms. The number of carbonyl (C=O) groups is 3. The van der Waals surface area contributed by atoms with Crippen molar-refractivity contribution >= 4 is 29.2 Å². The zero-order valence-corrected chi connectivity index (χ0v) is 13.2. The van der Waals surface area contributed by atoms with E-state index in [4.69, 9.17) is 0 Å². The number of rotatable bonds is 6. The molecule has 0 aromatic heterocycles. The van der Waals surface area contributed by atoms with Gasteiger partial charge in [0, 0.05) is 19.5 Å². The molecule has 3 N–H and O–H groups in total. The number of hydrogen-bond donors (Lipinski definition) is 3. The highest BCUT2D eigenvalue weighted by Crippen LogP contribution is 2.28. The Bertz CT molecular complexity index is 588. The van der Waals surface area contributed by atoms with E-state index in [0.29, 0.717) is 17.9 Å². The van der Waals surface area contributed by atoms with E-state index in [1.807, 2.05) is 0 Å². The number of fused-ring (bicyclic) bond motifs is 1. The van der Waals surface area contributed by atoms with Crippen molar-refractivity contribution in [3.8, 4) is 0 Å². The smallest absolute Gasteiger partial charge is 0.322 e. The van der Waals surface area contributed by atoms with Crippen molar-refractivity contribution in [3.05, 3.63) is 24.3 Å². The number of carbonyl (C=O) groups excluding carboxylic acids is 3. The summed E-state index contributed by atoms with van der Waals surface area (Å²) in [6.45, 7) is 2.91. The van der Waals surface area contributed by atoms with Crippen molar-refractivity contribution in [1.29, 1.82) is 0 Å². The van der Waals surface area contributed by atoms with E-state index < -0.39 is 0 Å². The lowest BCUT2D eigenvalue weighted by atomic mass is 10.2. The van der Waals surface area contributed by atoms with Crippen LogP contribution in [0.3, 0.4) is 0 Å². The molecule has 2 rings (SSSR count). The summed E-state index contributed by atoms with van der Waals surface area (Å²) in [5.74, 6) is -0.327. The summed E-state index contributed by atoms with van der Waals surface area (Å²) in [6, 6.07) is 6.73. The van der Waals surface area contributed by atoms with Crippen LogP contribution in [0.15, 0.2) is 24.3 Å². The first-order chi connectivity index (χ1) is 11.1. The van der Waals surface area contributed by atoms with E-state index in [9.17, 15) is 14.4 Å². The number of urea groups is 1. The Labute approximate surface area is 135 Å². The first-order valence-electron chi connectivity index (χ1n) is 7.82. The van der Waals surface area contributed by atoms with Crippen LogP contribution in [0.4, 0.5) is 16.2 Å². The third kappa shape index (κ3) is 4.70. The molecule has 1 aromatic rings. The zero-order chi connectivity index (χ0) is 16.7. The highest BCUT2D eigenvalue weighted by atomic mass is 16.2. The summed E-state index contributed by atoms with van der Waals surface area (Å²) in [4.78, 5) is 36.9. The summed E-state index contributed by atoms with van der Waals surface area (Å²) in [5.41, 5.74) is 1.26. The van der Waals surface area contributed by atoms with E-state index in [1.165, 1.54) is 4.90 Å². The Kier molecular flexibility index (Phi) is 5.96. The van der Waals surface area contributed by atoms with Crippen LogP contribution >= 0.6 is 0 Å². The second-order valence-corrected chi connectivity index (χ2v) is 5.34. The van der Waals surface area contributed by atoms with Gasteiger partial charge in [0.05, 0.1) is 11.4 Å². The first kappa shape index (κ1) is 16.8. The Morgan fingerprint density at radius 3 is 2.78 bits per heavy atom. The molecule has 0 unspecified atom stereocenters. The van der Waals surface area contributed by atoms with Crippen LogP contribution in [0.25, 0.3) is 0 Å². The average molecular weight is 318 g/mol. The van der Waals surface area contributed by atoms with Gasteiger partial charge < -0.3 is 16.0 Å². The van der Waals surface area contributed by atoms with Crippen molar-refractivity contribution in [2.24, 2.45) is 0 Å². The molecule has 1 heterocycles. The van der Waals surface area contributed by atoms with Crippen LogP contribution in [-0.2, 0) is 9.59 Å². The van der Waals surface area contributed by atoms with Crippen LogP contribution in [0.5, 0.6) is 0 Å². The van der Waals surface area contributed by atoms with Crippen molar-refractivity contribution in [3.63, 3.8) is 0 Å². The molecular formula is C16H22N4O3. The summed E-state index contributed by atoms with van der Waals surface area (Å²) in [6.07, 6.45) is 2.18. The van der Waals surface area contributed by atoms with Gasteiger partial charge in [0.1, 0.15) is 6.54 Å². The highest BCUT2D eigenvalue weighted by molar-refractivity contribution is 6.09. The SMILES string of the molecule is CCCCNC(=O)CCNC(=O)N1CC(=O)Nc2ccccc21. The Hall–Kier alpha value is -2.57. The maximum Gasteiger partial charge on any atom is 0.322 e. The number of para-hydroxylation sites is 2. The molecule has 0 atom stereocenters. The van der Waals surface area contributed by atoms with E-state index in [-0.39, 0.29) is 37.4 Å². The van der Waals surface area contributed by atoms with Gasteiger partial charge in [-0.15, -0.1) is 0 Å². The van der Waals surface area contributed by atoms with Crippen molar-refractivity contribution in [2.45, 2.75) is 26.2 Å². The molecular weight excluding hydrogens is 296 g/mol. The van der Waals surface area contributed by atoms with E-state index >= 15 is 0 Å². The van der Waals surface area contributed by atoms with Gasteiger partial charge in [0.25, 0.3) is 0 Å². The molecule has 1 aromatic carbocycles. The minimum atomic E-state index is -0.381. The predicted molar refractivity (Wildman–Crippen MR) is 88.4 cm³/mol. The van der Waals surface area contributed by atoms with E-state index in [2.05, 4.69) is 22.9 Å². The van der Waals surface area contributed by atoms with Crippen LogP contribution < -0.4 is 20.9 Å². The molecule has 0 fully saturated rings. The number of nitrogens with one attached hydrogen (secondary N) is 3. The van der Waals surface area contributed by atoms with Crippen molar-refractivity contribution < 1.29 is 14.4 Å². The van der Waals surface area contributed by atoms with Gasteiger partial charge in [-0.05, 0) is 18.6 Å². The lowest BCUT2D eigenvalue weighted by molar-refractivity contribution is -0.121. The molecule has 0 radical (unpaired) electrons. The van der Waals surface area contributed by atoms with Gasteiger partial charge >= 0.3 is 6.03 Å². The summed E-state index contributed by atoms with van der Waals surface area (Å²) >= 11 is 0. The quantitative estimate of drug-likeness (QED) is 0.694. The molecule has 124 valence electrons. The molecule has 0 saturated heterocycles. The number of anilines is 2. The topological polar surface area (TPSA) is 90.5 Å². The largest absolute Gasteiger partial charge is 0.356 e. The monoisotopic (exact) mass is 318 g/mol. The Morgan fingerprint density at radius 2 is 2.00 bits per heavy atom. The summed E-state index contributed by atoms with van der Waals surface area (Å²) in [7, 11) is 0. The maximum absolute atomic E-state index is 12.3. The third-order valence-corrected chi connectivity index (χ3v) is 3.50. The molecule has 0 spiro atoms. The number of nitrogens with zero attached hydrogens (tertiary/aromatic N) is 1. The fraction of sp³-hybridized carbons (Fsp3) is 0.438. The standard InChI is InChI=1S/C16H22N4O3/c1-2-3-9-17-14(21)8-10-18-16(23)20-11-15(22)19-12-6-4-5-7-13(12)20/h4-7H,2-3,8-11H2,1H3,(H,17,21)(H,18,23)(H,19,22). The predicted octanol–water partition coefficient (Wildman–Crippen LogP) is 1.46. The minimum absolute atomic E-state index is 0.0362. The number of hydrogen-bond acceptors (Lipinski definition) is 3. The molecule has 0 saturated carbocycles. The Morgan fingerprint density at radius 1 is 1.22 bits per heavy atom. The second-order valence-electron chi connectivity index (χ2n) is 5.34. The average Bonchev–Trinajstić information content (AvgIpc) is 2.54. The van der Waals surface area contributed by atoms with E-state index in [1.54, 1.807) is 24.3 Å². The highest BCUT2D eigenvalue weighted by Gasteiger charge is 2.26. The van der Waals surface area contributed by atoms with Gasteiger partial charge in [-0.1, -0.05) is 25.5 Å². The number of unbranched alkanes of at least 4 members (excludes halogenated alkanes) is 1.